The number of nitrogens with one attached hydrogen (secondary N) is 2. The lowest BCUT2D eigenvalue weighted by Crippen LogP contribution is -2.30. The number of halogens is 2. The maximum atomic E-state index is 13.9. The SMILES string of the molecule is CCOc1ccc(CNC(=NC)Nc2ccc(OC)c(OC)c2)cc1F.I. The number of hydrogen-bond acceptors (Lipinski definition) is 4. The van der Waals surface area contributed by atoms with E-state index in [0.29, 0.717) is 30.6 Å². The number of nitrogens with zero attached hydrogens (tertiary/aromatic N) is 1. The van der Waals surface area contributed by atoms with Crippen LogP contribution in [0.5, 0.6) is 17.2 Å². The molecule has 0 radical (unpaired) electrons. The average molecular weight is 489 g/mol. The van der Waals surface area contributed by atoms with Gasteiger partial charge in [0.1, 0.15) is 0 Å². The third kappa shape index (κ3) is 6.46. The van der Waals surface area contributed by atoms with Crippen molar-refractivity contribution in [1.29, 1.82) is 0 Å². The van der Waals surface area contributed by atoms with Crippen LogP contribution < -0.4 is 24.8 Å². The van der Waals surface area contributed by atoms with Crippen LogP contribution in [-0.2, 0) is 6.54 Å². The van der Waals surface area contributed by atoms with Gasteiger partial charge in [0.2, 0.25) is 0 Å². The lowest BCUT2D eigenvalue weighted by atomic mass is 10.2. The van der Waals surface area contributed by atoms with Gasteiger partial charge in [-0.15, -0.1) is 24.0 Å². The van der Waals surface area contributed by atoms with Crippen LogP contribution in [0, 0.1) is 5.82 Å². The Bertz CT molecular complexity index is 772. The zero-order chi connectivity index (χ0) is 18.9. The van der Waals surface area contributed by atoms with Gasteiger partial charge in [0.15, 0.2) is 29.0 Å². The van der Waals surface area contributed by atoms with Gasteiger partial charge in [-0.25, -0.2) is 4.39 Å². The normalized spacial score (nSPS) is 10.6. The molecule has 27 heavy (non-hydrogen) atoms. The van der Waals surface area contributed by atoms with Crippen LogP contribution in [0.1, 0.15) is 12.5 Å². The molecule has 0 spiro atoms. The van der Waals surface area contributed by atoms with E-state index >= 15 is 0 Å². The molecule has 6 nitrogen and oxygen atoms in total. The fourth-order valence-electron chi connectivity index (χ4n) is 2.34. The van der Waals surface area contributed by atoms with Crippen molar-refractivity contribution in [1.82, 2.24) is 5.32 Å². The summed E-state index contributed by atoms with van der Waals surface area (Å²) in [6.07, 6.45) is 0. The summed E-state index contributed by atoms with van der Waals surface area (Å²) in [5.41, 5.74) is 1.56. The summed E-state index contributed by atoms with van der Waals surface area (Å²) in [4.78, 5) is 4.17. The number of rotatable bonds is 7. The van der Waals surface area contributed by atoms with E-state index in [1.54, 1.807) is 33.4 Å². The number of anilines is 1. The average Bonchev–Trinajstić information content (AvgIpc) is 2.66. The lowest BCUT2D eigenvalue weighted by Gasteiger charge is -2.14. The van der Waals surface area contributed by atoms with E-state index < -0.39 is 0 Å². The first kappa shape index (κ1) is 22.8. The Hall–Kier alpha value is -2.23. The van der Waals surface area contributed by atoms with E-state index in [2.05, 4.69) is 15.6 Å². The van der Waals surface area contributed by atoms with Crippen LogP contribution in [0.25, 0.3) is 0 Å². The topological polar surface area (TPSA) is 64.1 Å². The number of guanidine groups is 1. The Kier molecular flexibility index (Phi) is 9.70. The highest BCUT2D eigenvalue weighted by atomic mass is 127. The van der Waals surface area contributed by atoms with Gasteiger partial charge >= 0.3 is 0 Å². The third-order valence-electron chi connectivity index (χ3n) is 3.63. The van der Waals surface area contributed by atoms with Crippen molar-refractivity contribution in [3.8, 4) is 17.2 Å². The highest BCUT2D eigenvalue weighted by Gasteiger charge is 2.08. The summed E-state index contributed by atoms with van der Waals surface area (Å²) in [7, 11) is 4.82. The number of benzene rings is 2. The molecule has 2 aromatic rings. The predicted octanol–water partition coefficient (Wildman–Crippen LogP) is 4.05. The molecular weight excluding hydrogens is 464 g/mol. The fourth-order valence-corrected chi connectivity index (χ4v) is 2.34. The minimum absolute atomic E-state index is 0. The zero-order valence-corrected chi connectivity index (χ0v) is 18.2. The van der Waals surface area contributed by atoms with Gasteiger partial charge in [0.05, 0.1) is 20.8 Å². The van der Waals surface area contributed by atoms with Gasteiger partial charge in [-0.05, 0) is 36.8 Å². The Labute approximate surface area is 176 Å². The molecule has 2 rings (SSSR count). The first-order valence-electron chi connectivity index (χ1n) is 8.22. The van der Waals surface area contributed by atoms with Crippen LogP contribution in [0.3, 0.4) is 0 Å². The van der Waals surface area contributed by atoms with E-state index in [9.17, 15) is 4.39 Å². The second-order valence-corrected chi connectivity index (χ2v) is 5.32. The number of methoxy groups -OCH3 is 2. The minimum atomic E-state index is -0.381. The van der Waals surface area contributed by atoms with Crippen molar-refractivity contribution in [3.05, 3.63) is 47.8 Å². The van der Waals surface area contributed by atoms with Gasteiger partial charge in [-0.3, -0.25) is 4.99 Å². The molecule has 0 unspecified atom stereocenters. The molecule has 8 heteroatoms. The van der Waals surface area contributed by atoms with Crippen molar-refractivity contribution < 1.29 is 18.6 Å². The molecule has 148 valence electrons. The van der Waals surface area contributed by atoms with E-state index in [4.69, 9.17) is 14.2 Å². The highest BCUT2D eigenvalue weighted by Crippen LogP contribution is 2.29. The maximum Gasteiger partial charge on any atom is 0.195 e. The van der Waals surface area contributed by atoms with Crippen molar-refractivity contribution in [3.63, 3.8) is 0 Å². The van der Waals surface area contributed by atoms with Crippen molar-refractivity contribution >= 4 is 35.6 Å². The molecule has 0 amide bonds. The predicted molar refractivity (Wildman–Crippen MR) is 116 cm³/mol. The molecule has 2 aromatic carbocycles. The van der Waals surface area contributed by atoms with Crippen molar-refractivity contribution in [2.45, 2.75) is 13.5 Å². The molecule has 0 saturated heterocycles. The van der Waals surface area contributed by atoms with Crippen LogP contribution in [0.2, 0.25) is 0 Å². The van der Waals surface area contributed by atoms with E-state index in [-0.39, 0.29) is 35.5 Å². The fraction of sp³-hybridized carbons (Fsp3) is 0.316. The molecule has 0 aliphatic heterocycles. The Morgan fingerprint density at radius 2 is 1.74 bits per heavy atom. The van der Waals surface area contributed by atoms with Gasteiger partial charge in [-0.2, -0.15) is 0 Å². The summed E-state index contributed by atoms with van der Waals surface area (Å²) in [6.45, 7) is 2.66. The summed E-state index contributed by atoms with van der Waals surface area (Å²) in [5.74, 6) is 1.68. The number of hydrogen-bond donors (Lipinski definition) is 2. The summed E-state index contributed by atoms with van der Waals surface area (Å²) >= 11 is 0. The van der Waals surface area contributed by atoms with Crippen LogP contribution in [-0.4, -0.2) is 33.8 Å². The minimum Gasteiger partial charge on any atom is -0.493 e. The Balaban J connectivity index is 0.00000364. The quantitative estimate of drug-likeness (QED) is 0.349. The largest absolute Gasteiger partial charge is 0.493 e. The molecule has 0 bridgehead atoms. The Morgan fingerprint density at radius 1 is 1.04 bits per heavy atom. The lowest BCUT2D eigenvalue weighted by molar-refractivity contribution is 0.321. The molecule has 0 heterocycles. The molecular formula is C19H25FIN3O3. The first-order chi connectivity index (χ1) is 12.6. The Morgan fingerprint density at radius 3 is 2.33 bits per heavy atom. The molecule has 0 saturated carbocycles. The van der Waals surface area contributed by atoms with Crippen molar-refractivity contribution in [2.75, 3.05) is 33.2 Å². The van der Waals surface area contributed by atoms with Crippen molar-refractivity contribution in [2.24, 2.45) is 4.99 Å². The standard InChI is InChI=1S/C19H24FN3O3.HI/c1-5-26-16-8-6-13(10-15(16)20)12-22-19(21-2)23-14-7-9-17(24-3)18(11-14)25-4;/h6-11H,5,12H2,1-4H3,(H2,21,22,23);1H. The first-order valence-corrected chi connectivity index (χ1v) is 8.22. The summed E-state index contributed by atoms with van der Waals surface area (Å²) in [5, 5.41) is 6.29. The van der Waals surface area contributed by atoms with Gasteiger partial charge in [0.25, 0.3) is 0 Å². The van der Waals surface area contributed by atoms with E-state index in [1.165, 1.54) is 6.07 Å². The zero-order valence-electron chi connectivity index (χ0n) is 15.8. The maximum absolute atomic E-state index is 13.9. The van der Waals surface area contributed by atoms with Crippen LogP contribution in [0.4, 0.5) is 10.1 Å². The molecule has 0 aromatic heterocycles. The number of aliphatic imine (C=N–C) groups is 1. The molecule has 0 aliphatic carbocycles. The molecule has 0 fully saturated rings. The second kappa shape index (κ2) is 11.5. The summed E-state index contributed by atoms with van der Waals surface area (Å²) < 4.78 is 29.6. The molecule has 0 atom stereocenters. The van der Waals surface area contributed by atoms with Gasteiger partial charge in [-0.1, -0.05) is 6.07 Å². The van der Waals surface area contributed by atoms with E-state index in [0.717, 1.165) is 11.3 Å². The van der Waals surface area contributed by atoms with Crippen LogP contribution >= 0.6 is 24.0 Å². The van der Waals surface area contributed by atoms with Gasteiger partial charge in [0, 0.05) is 25.3 Å². The monoisotopic (exact) mass is 489 g/mol. The second-order valence-electron chi connectivity index (χ2n) is 5.32. The highest BCUT2D eigenvalue weighted by molar-refractivity contribution is 14.0. The third-order valence-corrected chi connectivity index (χ3v) is 3.63. The molecule has 2 N–H and O–H groups in total. The number of ether oxygens (including phenoxy) is 3. The van der Waals surface area contributed by atoms with E-state index in [1.807, 2.05) is 25.1 Å². The van der Waals surface area contributed by atoms with Gasteiger partial charge < -0.3 is 24.8 Å². The smallest absolute Gasteiger partial charge is 0.195 e. The summed E-state index contributed by atoms with van der Waals surface area (Å²) in [6, 6.07) is 10.3. The van der Waals surface area contributed by atoms with Crippen LogP contribution in [0.15, 0.2) is 41.4 Å². The molecule has 0 aliphatic rings.